The molecule has 0 aromatic carbocycles. The molecule has 0 spiro atoms. The Morgan fingerprint density at radius 2 is 1.09 bits per heavy atom. The zero-order chi connectivity index (χ0) is 7.71. The SMILES string of the molecule is O=P([O-])([O-])OP(=O)([O-])[O-].[Fe+2].[Mn+2]. The van der Waals surface area contributed by atoms with Gasteiger partial charge < -0.3 is 33.0 Å². The number of hydrogen-bond acceptors (Lipinski definition) is 7. The van der Waals surface area contributed by atoms with Crippen molar-refractivity contribution in [2.45, 2.75) is 0 Å². The van der Waals surface area contributed by atoms with E-state index in [1.165, 1.54) is 0 Å². The molecule has 67 valence electrons. The summed E-state index contributed by atoms with van der Waals surface area (Å²) in [5.74, 6) is 0. The molecule has 1 radical (unpaired) electrons. The average Bonchev–Trinajstić information content (AvgIpc) is 1.14. The molecule has 0 atom stereocenters. The van der Waals surface area contributed by atoms with Crippen LogP contribution in [0.1, 0.15) is 0 Å². The number of phosphoric acid groups is 2. The van der Waals surface area contributed by atoms with Gasteiger partial charge in [0.1, 0.15) is 0 Å². The summed E-state index contributed by atoms with van der Waals surface area (Å²) in [6.07, 6.45) is 0. The standard InChI is InChI=1S/Fe.Mn.H4O7P2/c;;1-8(2,3)7-9(4,5)6/h;;(H2,1,2,3)(H2,4,5,6)/q2*+2;/p-4. The van der Waals surface area contributed by atoms with Crippen LogP contribution in [0.4, 0.5) is 0 Å². The largest absolute Gasteiger partial charge is 2.00 e. The van der Waals surface area contributed by atoms with Crippen LogP contribution in [0.3, 0.4) is 0 Å². The van der Waals surface area contributed by atoms with Crippen LogP contribution < -0.4 is 19.6 Å². The maximum Gasteiger partial charge on any atom is 2.00 e. The Labute approximate surface area is 83.0 Å². The summed E-state index contributed by atoms with van der Waals surface area (Å²) in [5.41, 5.74) is 0. The van der Waals surface area contributed by atoms with E-state index in [9.17, 15) is 28.7 Å². The molecular formula is FeMnO7P2. The molecule has 0 aliphatic heterocycles. The van der Waals surface area contributed by atoms with Gasteiger partial charge in [-0.2, -0.15) is 0 Å². The molecule has 7 nitrogen and oxygen atoms in total. The third kappa shape index (κ3) is 18.3. The van der Waals surface area contributed by atoms with Crippen LogP contribution in [0, 0.1) is 0 Å². The number of hydrogen-bond donors (Lipinski definition) is 0. The fourth-order valence-electron chi connectivity index (χ4n) is 0.122. The van der Waals surface area contributed by atoms with Crippen molar-refractivity contribution in [2.75, 3.05) is 0 Å². The maximum absolute atomic E-state index is 9.32. The first-order valence-electron chi connectivity index (χ1n) is 1.46. The Balaban J connectivity index is -0.000000320. The minimum absolute atomic E-state index is 0. The second-order valence-corrected chi connectivity index (χ2v) is 3.42. The van der Waals surface area contributed by atoms with Gasteiger partial charge in [-0.15, -0.1) is 0 Å². The summed E-state index contributed by atoms with van der Waals surface area (Å²) in [6, 6.07) is 0. The molecule has 11 heavy (non-hydrogen) atoms. The van der Waals surface area contributed by atoms with Gasteiger partial charge in [-0.05, 0) is 0 Å². The maximum atomic E-state index is 9.32. The van der Waals surface area contributed by atoms with Crippen LogP contribution in [0.15, 0.2) is 0 Å². The minimum atomic E-state index is -5.68. The van der Waals surface area contributed by atoms with Crippen molar-refractivity contribution in [1.29, 1.82) is 0 Å². The smallest absolute Gasteiger partial charge is 0.790 e. The van der Waals surface area contributed by atoms with Gasteiger partial charge in [-0.25, -0.2) is 0 Å². The summed E-state index contributed by atoms with van der Waals surface area (Å²) in [4.78, 5) is 37.3. The van der Waals surface area contributed by atoms with E-state index in [1.54, 1.807) is 0 Å². The fourth-order valence-corrected chi connectivity index (χ4v) is 1.10. The average molecular weight is 285 g/mol. The Bertz CT molecular complexity index is 157. The molecule has 0 aromatic heterocycles. The normalized spacial score (nSPS) is 11.3. The first-order chi connectivity index (χ1) is 3.71. The molecule has 0 saturated carbocycles. The Hall–Kier alpha value is 1.30. The Morgan fingerprint density at radius 1 is 0.909 bits per heavy atom. The van der Waals surface area contributed by atoms with E-state index in [0.29, 0.717) is 0 Å². The molecular weight excluding hydrogens is 285 g/mol. The quantitative estimate of drug-likeness (QED) is 0.382. The molecule has 0 aromatic rings. The van der Waals surface area contributed by atoms with Crippen LogP contribution in [0.2, 0.25) is 0 Å². The van der Waals surface area contributed by atoms with Crippen LogP contribution in [0.5, 0.6) is 0 Å². The molecule has 11 heteroatoms. The first-order valence-corrected chi connectivity index (χ1v) is 4.38. The molecule has 0 bridgehead atoms. The van der Waals surface area contributed by atoms with Crippen molar-refractivity contribution in [3.63, 3.8) is 0 Å². The predicted octanol–water partition coefficient (Wildman–Crippen LogP) is -3.34. The molecule has 0 rings (SSSR count). The molecule has 0 N–H and O–H groups in total. The Kier molecular flexibility index (Phi) is 9.68. The monoisotopic (exact) mass is 285 g/mol. The van der Waals surface area contributed by atoms with E-state index in [0.717, 1.165) is 0 Å². The van der Waals surface area contributed by atoms with Gasteiger partial charge in [0.15, 0.2) is 0 Å². The predicted molar refractivity (Wildman–Crippen MR) is 16.3 cm³/mol. The van der Waals surface area contributed by atoms with Crippen LogP contribution >= 0.6 is 15.6 Å². The van der Waals surface area contributed by atoms with Crippen molar-refractivity contribution < 1.29 is 67.2 Å². The third-order valence-electron chi connectivity index (χ3n) is 0.200. The van der Waals surface area contributed by atoms with Gasteiger partial charge in [-0.1, -0.05) is 0 Å². The van der Waals surface area contributed by atoms with Crippen molar-refractivity contribution in [3.8, 4) is 0 Å². The van der Waals surface area contributed by atoms with E-state index < -0.39 is 15.6 Å². The van der Waals surface area contributed by atoms with Gasteiger partial charge in [0, 0.05) is 0 Å². The van der Waals surface area contributed by atoms with E-state index in [4.69, 9.17) is 0 Å². The van der Waals surface area contributed by atoms with E-state index in [-0.39, 0.29) is 34.1 Å². The molecule has 0 fully saturated rings. The zero-order valence-electron chi connectivity index (χ0n) is 4.48. The second-order valence-electron chi connectivity index (χ2n) is 0.976. The second kappa shape index (κ2) is 5.86. The summed E-state index contributed by atoms with van der Waals surface area (Å²) in [5, 5.41) is 0. The summed E-state index contributed by atoms with van der Waals surface area (Å²) < 4.78 is 21.2. The van der Waals surface area contributed by atoms with E-state index >= 15 is 0 Å². The molecule has 0 heterocycles. The third-order valence-corrected chi connectivity index (χ3v) is 1.80. The van der Waals surface area contributed by atoms with Gasteiger partial charge in [0.2, 0.25) is 0 Å². The summed E-state index contributed by atoms with van der Waals surface area (Å²) >= 11 is 0. The van der Waals surface area contributed by atoms with Crippen molar-refractivity contribution in [3.05, 3.63) is 0 Å². The molecule has 0 aliphatic carbocycles. The Morgan fingerprint density at radius 3 is 1.09 bits per heavy atom. The minimum Gasteiger partial charge on any atom is -0.790 e. The number of rotatable bonds is 2. The van der Waals surface area contributed by atoms with Crippen LogP contribution in [-0.4, -0.2) is 0 Å². The summed E-state index contributed by atoms with van der Waals surface area (Å²) in [7, 11) is -11.4. The molecule has 0 unspecified atom stereocenters. The molecule has 0 amide bonds. The van der Waals surface area contributed by atoms with E-state index in [1.807, 2.05) is 0 Å². The fraction of sp³-hybridized carbons (Fsp3) is 0. The van der Waals surface area contributed by atoms with Gasteiger partial charge in [-0.3, -0.25) is 0 Å². The first kappa shape index (κ1) is 18.2. The van der Waals surface area contributed by atoms with Gasteiger partial charge in [0.25, 0.3) is 0 Å². The van der Waals surface area contributed by atoms with E-state index in [2.05, 4.69) is 4.31 Å². The van der Waals surface area contributed by atoms with Crippen LogP contribution in [0.25, 0.3) is 0 Å². The van der Waals surface area contributed by atoms with Crippen LogP contribution in [-0.2, 0) is 47.6 Å². The van der Waals surface area contributed by atoms with Crippen molar-refractivity contribution in [2.24, 2.45) is 0 Å². The molecule has 0 aliphatic rings. The summed E-state index contributed by atoms with van der Waals surface area (Å²) in [6.45, 7) is 0. The topological polar surface area (TPSA) is 136 Å². The van der Waals surface area contributed by atoms with Crippen molar-refractivity contribution in [1.82, 2.24) is 0 Å². The van der Waals surface area contributed by atoms with Gasteiger partial charge in [0.05, 0.1) is 15.6 Å². The van der Waals surface area contributed by atoms with Crippen molar-refractivity contribution >= 4 is 15.6 Å². The van der Waals surface area contributed by atoms with Gasteiger partial charge >= 0.3 is 34.1 Å². The zero-order valence-corrected chi connectivity index (χ0v) is 8.56. The molecule has 0 saturated heterocycles.